The normalized spacial score (nSPS) is 12.4. The molecule has 1 aromatic rings. The molecule has 0 aliphatic carbocycles. The van der Waals surface area contributed by atoms with Crippen LogP contribution >= 0.6 is 11.6 Å². The minimum absolute atomic E-state index is 0.0721. The maximum absolute atomic E-state index is 13.9. The Morgan fingerprint density at radius 2 is 2.06 bits per heavy atom. The van der Waals surface area contributed by atoms with Crippen molar-refractivity contribution in [3.8, 4) is 11.5 Å². The number of hydrogen-bond acceptors (Lipinski definition) is 3. The van der Waals surface area contributed by atoms with Crippen molar-refractivity contribution in [1.29, 1.82) is 0 Å². The van der Waals surface area contributed by atoms with Crippen LogP contribution in [0.2, 0.25) is 5.02 Å². The summed E-state index contributed by atoms with van der Waals surface area (Å²) in [5.74, 6) is -0.0200. The number of halogens is 2. The fourth-order valence-electron chi connectivity index (χ4n) is 1.43. The summed E-state index contributed by atoms with van der Waals surface area (Å²) >= 11 is 5.86. The topological polar surface area (TPSA) is 44.5 Å². The smallest absolute Gasteiger partial charge is 0.182 e. The zero-order chi connectivity index (χ0) is 12.3. The van der Waals surface area contributed by atoms with Crippen molar-refractivity contribution in [2.24, 2.45) is 5.73 Å². The lowest BCUT2D eigenvalue weighted by Gasteiger charge is -2.16. The lowest BCUT2D eigenvalue weighted by Crippen LogP contribution is -2.11. The molecule has 90 valence electrons. The molecule has 0 saturated heterocycles. The highest BCUT2D eigenvalue weighted by molar-refractivity contribution is 6.32. The molecule has 5 heteroatoms. The van der Waals surface area contributed by atoms with Crippen LogP contribution in [0.25, 0.3) is 0 Å². The van der Waals surface area contributed by atoms with Crippen molar-refractivity contribution in [2.45, 2.75) is 12.8 Å². The van der Waals surface area contributed by atoms with Gasteiger partial charge in [-0.1, -0.05) is 18.5 Å². The lowest BCUT2D eigenvalue weighted by atomic mass is 10.00. The highest BCUT2D eigenvalue weighted by Crippen LogP contribution is 2.40. The number of hydrogen-bond donors (Lipinski definition) is 1. The summed E-state index contributed by atoms with van der Waals surface area (Å²) in [6, 6.07) is 1.57. The zero-order valence-electron chi connectivity index (χ0n) is 9.51. The molecule has 1 aromatic carbocycles. The van der Waals surface area contributed by atoms with E-state index in [1.54, 1.807) is 6.07 Å². The Balaban J connectivity index is 3.38. The summed E-state index contributed by atoms with van der Waals surface area (Å²) in [5, 5.41) is -0.0721. The fraction of sp³-hybridized carbons (Fsp3) is 0.455. The van der Waals surface area contributed by atoms with Crippen LogP contribution in [0.5, 0.6) is 11.5 Å². The van der Waals surface area contributed by atoms with Crippen molar-refractivity contribution in [3.05, 3.63) is 22.5 Å². The molecule has 0 aliphatic rings. The van der Waals surface area contributed by atoms with E-state index in [1.165, 1.54) is 14.2 Å². The first kappa shape index (κ1) is 13.1. The van der Waals surface area contributed by atoms with Crippen LogP contribution in [0.3, 0.4) is 0 Å². The second kappa shape index (κ2) is 5.37. The Labute approximate surface area is 99.3 Å². The summed E-state index contributed by atoms with van der Waals surface area (Å²) in [6.45, 7) is 2.16. The van der Waals surface area contributed by atoms with Crippen molar-refractivity contribution < 1.29 is 13.9 Å². The summed E-state index contributed by atoms with van der Waals surface area (Å²) in [6.07, 6.45) is 0. The molecule has 0 radical (unpaired) electrons. The Hall–Kier alpha value is -1.00. The van der Waals surface area contributed by atoms with E-state index in [0.29, 0.717) is 17.9 Å². The first-order valence-corrected chi connectivity index (χ1v) is 5.24. The second-order valence-electron chi connectivity index (χ2n) is 3.47. The second-order valence-corrected chi connectivity index (χ2v) is 3.84. The molecular weight excluding hydrogens is 233 g/mol. The van der Waals surface area contributed by atoms with E-state index < -0.39 is 5.82 Å². The monoisotopic (exact) mass is 247 g/mol. The quantitative estimate of drug-likeness (QED) is 0.889. The van der Waals surface area contributed by atoms with E-state index in [9.17, 15) is 4.39 Å². The molecule has 0 aliphatic heterocycles. The fourth-order valence-corrected chi connectivity index (χ4v) is 1.71. The predicted molar refractivity (Wildman–Crippen MR) is 62.0 cm³/mol. The standard InChI is InChI=1S/C11H15ClFNO2/c1-6(5-14)7-4-8(15-2)11(16-3)9(12)10(7)13/h4,6H,5,14H2,1-3H3. The van der Waals surface area contributed by atoms with Gasteiger partial charge in [-0.2, -0.15) is 0 Å². The largest absolute Gasteiger partial charge is 0.493 e. The molecule has 0 aromatic heterocycles. The summed E-state index contributed by atoms with van der Waals surface area (Å²) < 4.78 is 24.0. The SMILES string of the molecule is COc1cc(C(C)CN)c(F)c(Cl)c1OC. The van der Waals surface area contributed by atoms with E-state index in [1.807, 2.05) is 6.92 Å². The number of benzene rings is 1. The van der Waals surface area contributed by atoms with E-state index >= 15 is 0 Å². The first-order valence-electron chi connectivity index (χ1n) is 4.86. The minimum atomic E-state index is -0.503. The van der Waals surface area contributed by atoms with Gasteiger partial charge in [0.25, 0.3) is 0 Å². The van der Waals surface area contributed by atoms with Crippen molar-refractivity contribution in [3.63, 3.8) is 0 Å². The summed E-state index contributed by atoms with van der Waals surface area (Å²) in [4.78, 5) is 0. The van der Waals surface area contributed by atoms with Gasteiger partial charge in [-0.05, 0) is 24.1 Å². The Morgan fingerprint density at radius 1 is 1.44 bits per heavy atom. The molecule has 3 nitrogen and oxygen atoms in total. The van der Waals surface area contributed by atoms with Gasteiger partial charge in [0.05, 0.1) is 14.2 Å². The molecule has 0 amide bonds. The molecule has 1 rings (SSSR count). The Kier molecular flexibility index (Phi) is 4.38. The third-order valence-corrected chi connectivity index (χ3v) is 2.80. The van der Waals surface area contributed by atoms with Gasteiger partial charge in [-0.15, -0.1) is 0 Å². The average molecular weight is 248 g/mol. The highest BCUT2D eigenvalue weighted by Gasteiger charge is 2.20. The van der Waals surface area contributed by atoms with E-state index in [2.05, 4.69) is 0 Å². The molecule has 0 heterocycles. The Bertz CT molecular complexity index is 385. The van der Waals surface area contributed by atoms with Crippen LogP contribution < -0.4 is 15.2 Å². The van der Waals surface area contributed by atoms with Crippen molar-refractivity contribution >= 4 is 11.6 Å². The molecule has 0 fully saturated rings. The number of ether oxygens (including phenoxy) is 2. The van der Waals surface area contributed by atoms with Crippen LogP contribution in [-0.2, 0) is 0 Å². The third kappa shape index (κ3) is 2.23. The van der Waals surface area contributed by atoms with E-state index in [4.69, 9.17) is 26.8 Å². The van der Waals surface area contributed by atoms with Gasteiger partial charge in [0, 0.05) is 0 Å². The van der Waals surface area contributed by atoms with E-state index in [-0.39, 0.29) is 16.7 Å². The third-order valence-electron chi connectivity index (χ3n) is 2.46. The van der Waals surface area contributed by atoms with Gasteiger partial charge in [-0.3, -0.25) is 0 Å². The molecule has 2 N–H and O–H groups in total. The molecular formula is C11H15ClFNO2. The van der Waals surface area contributed by atoms with Gasteiger partial charge in [0.2, 0.25) is 0 Å². The first-order chi connectivity index (χ1) is 7.56. The average Bonchev–Trinajstić information content (AvgIpc) is 2.31. The molecule has 16 heavy (non-hydrogen) atoms. The van der Waals surface area contributed by atoms with Crippen molar-refractivity contribution in [1.82, 2.24) is 0 Å². The van der Waals surface area contributed by atoms with Crippen LogP contribution in [0.4, 0.5) is 4.39 Å². The highest BCUT2D eigenvalue weighted by atomic mass is 35.5. The van der Waals surface area contributed by atoms with Crippen LogP contribution in [0, 0.1) is 5.82 Å². The molecule has 0 spiro atoms. The van der Waals surface area contributed by atoms with Gasteiger partial charge < -0.3 is 15.2 Å². The molecule has 0 saturated carbocycles. The number of methoxy groups -OCH3 is 2. The van der Waals surface area contributed by atoms with Gasteiger partial charge in [-0.25, -0.2) is 4.39 Å². The molecule has 1 atom stereocenters. The predicted octanol–water partition coefficient (Wildman–Crippen LogP) is 2.56. The summed E-state index contributed by atoms with van der Waals surface area (Å²) in [7, 11) is 2.89. The van der Waals surface area contributed by atoms with Gasteiger partial charge >= 0.3 is 0 Å². The van der Waals surface area contributed by atoms with Crippen molar-refractivity contribution in [2.75, 3.05) is 20.8 Å². The number of nitrogens with two attached hydrogens (primary N) is 1. The maximum Gasteiger partial charge on any atom is 0.182 e. The zero-order valence-corrected chi connectivity index (χ0v) is 10.3. The van der Waals surface area contributed by atoms with Gasteiger partial charge in [0.15, 0.2) is 11.5 Å². The van der Waals surface area contributed by atoms with Gasteiger partial charge in [0.1, 0.15) is 10.8 Å². The van der Waals surface area contributed by atoms with Crippen LogP contribution in [0.1, 0.15) is 18.4 Å². The van der Waals surface area contributed by atoms with Crippen LogP contribution in [-0.4, -0.2) is 20.8 Å². The van der Waals surface area contributed by atoms with Crippen LogP contribution in [0.15, 0.2) is 6.07 Å². The lowest BCUT2D eigenvalue weighted by molar-refractivity contribution is 0.351. The maximum atomic E-state index is 13.9. The minimum Gasteiger partial charge on any atom is -0.493 e. The molecule has 0 bridgehead atoms. The van der Waals surface area contributed by atoms with E-state index in [0.717, 1.165) is 0 Å². The number of rotatable bonds is 4. The molecule has 1 unspecified atom stereocenters. The summed E-state index contributed by atoms with van der Waals surface area (Å²) in [5.41, 5.74) is 5.94. The Morgan fingerprint density at radius 3 is 2.50 bits per heavy atom.